The zero-order chi connectivity index (χ0) is 15.1. The van der Waals surface area contributed by atoms with Crippen molar-refractivity contribution < 1.29 is 19.7 Å². The number of esters is 1. The summed E-state index contributed by atoms with van der Waals surface area (Å²) in [7, 11) is 0. The molecule has 0 amide bonds. The molecule has 0 radical (unpaired) electrons. The largest absolute Gasteiger partial charge is 0.506 e. The van der Waals surface area contributed by atoms with Gasteiger partial charge in [-0.1, -0.05) is 48.5 Å². The monoisotopic (exact) mass is 284 g/mol. The first kappa shape index (κ1) is 14.7. The fourth-order valence-electron chi connectivity index (χ4n) is 1.79. The van der Waals surface area contributed by atoms with E-state index in [0.717, 1.165) is 5.56 Å². The van der Waals surface area contributed by atoms with Crippen LogP contribution < -0.4 is 0 Å². The van der Waals surface area contributed by atoms with E-state index in [-0.39, 0.29) is 12.2 Å². The van der Waals surface area contributed by atoms with E-state index in [0.29, 0.717) is 12.0 Å². The van der Waals surface area contributed by atoms with E-state index >= 15 is 0 Å². The van der Waals surface area contributed by atoms with E-state index in [4.69, 9.17) is 4.74 Å². The molecule has 0 aliphatic rings. The van der Waals surface area contributed by atoms with Gasteiger partial charge in [0, 0.05) is 6.42 Å². The van der Waals surface area contributed by atoms with Crippen LogP contribution in [0.2, 0.25) is 0 Å². The highest BCUT2D eigenvalue weighted by atomic mass is 16.6. The number of carbonyl (C=O) groups excluding carboxylic acids is 1. The summed E-state index contributed by atoms with van der Waals surface area (Å²) in [5.74, 6) is -1.80. The average molecular weight is 284 g/mol. The number of carbonyl (C=O) groups is 1. The second-order valence-electron chi connectivity index (χ2n) is 4.49. The van der Waals surface area contributed by atoms with Gasteiger partial charge in [-0.05, 0) is 24.1 Å². The summed E-state index contributed by atoms with van der Waals surface area (Å²) < 4.78 is 4.73. The van der Waals surface area contributed by atoms with Crippen molar-refractivity contribution in [2.75, 3.05) is 0 Å². The topological polar surface area (TPSA) is 66.8 Å². The van der Waals surface area contributed by atoms with Crippen molar-refractivity contribution in [3.8, 4) is 0 Å². The van der Waals surface area contributed by atoms with Crippen LogP contribution in [0.1, 0.15) is 22.3 Å². The highest BCUT2D eigenvalue weighted by Crippen LogP contribution is 2.12. The van der Waals surface area contributed by atoms with Crippen LogP contribution in [0.5, 0.6) is 0 Å². The molecule has 0 unspecified atom stereocenters. The maximum absolute atomic E-state index is 11.7. The fourth-order valence-corrected chi connectivity index (χ4v) is 1.79. The lowest BCUT2D eigenvalue weighted by atomic mass is 10.1. The molecule has 108 valence electrons. The summed E-state index contributed by atoms with van der Waals surface area (Å²) in [6.45, 7) is 0. The van der Waals surface area contributed by atoms with Gasteiger partial charge in [0.1, 0.15) is 0 Å². The predicted octanol–water partition coefficient (Wildman–Crippen LogP) is 3.76. The second-order valence-corrected chi connectivity index (χ2v) is 4.49. The third-order valence-corrected chi connectivity index (χ3v) is 2.94. The maximum atomic E-state index is 11.7. The van der Waals surface area contributed by atoms with Gasteiger partial charge < -0.3 is 14.9 Å². The third-order valence-electron chi connectivity index (χ3n) is 2.94. The Morgan fingerprint density at radius 3 is 2.10 bits per heavy atom. The van der Waals surface area contributed by atoms with Crippen molar-refractivity contribution in [2.45, 2.75) is 12.8 Å². The smallest absolute Gasteiger partial charge is 0.345 e. The normalized spacial score (nSPS) is 11.6. The molecule has 0 spiro atoms. The number of allylic oxidation sites excluding steroid dienone is 1. The number of aliphatic hydroxyl groups is 2. The number of ether oxygens (including phenoxy) is 1. The maximum Gasteiger partial charge on any atom is 0.345 e. The Balaban J connectivity index is 1.94. The standard InChI is InChI=1S/C17H16O4/c18-15(12-11-13-7-3-1-4-8-13)17(20)21-16(19)14-9-5-2-6-10-14/h1-10,18,20H,11-12H2. The zero-order valence-corrected chi connectivity index (χ0v) is 11.4. The van der Waals surface area contributed by atoms with Gasteiger partial charge in [-0.15, -0.1) is 0 Å². The summed E-state index contributed by atoms with van der Waals surface area (Å²) in [4.78, 5) is 11.7. The molecule has 21 heavy (non-hydrogen) atoms. The molecule has 4 heteroatoms. The molecule has 0 saturated carbocycles. The number of hydrogen-bond donors (Lipinski definition) is 2. The number of benzene rings is 2. The van der Waals surface area contributed by atoms with Gasteiger partial charge in [-0.2, -0.15) is 0 Å². The Labute approximate surface area is 122 Å². The van der Waals surface area contributed by atoms with Crippen molar-refractivity contribution in [1.82, 2.24) is 0 Å². The van der Waals surface area contributed by atoms with Crippen LogP contribution in [0.3, 0.4) is 0 Å². The molecule has 2 aromatic rings. The Kier molecular flexibility index (Phi) is 4.99. The number of aryl methyl sites for hydroxylation is 1. The van der Waals surface area contributed by atoms with Crippen molar-refractivity contribution >= 4 is 5.97 Å². The molecule has 4 nitrogen and oxygen atoms in total. The Hall–Kier alpha value is -2.75. The van der Waals surface area contributed by atoms with Crippen LogP contribution in [0.4, 0.5) is 0 Å². The Morgan fingerprint density at radius 2 is 1.48 bits per heavy atom. The van der Waals surface area contributed by atoms with Crippen molar-refractivity contribution in [2.24, 2.45) is 0 Å². The predicted molar refractivity (Wildman–Crippen MR) is 78.9 cm³/mol. The first-order valence-electron chi connectivity index (χ1n) is 6.59. The molecular weight excluding hydrogens is 268 g/mol. The average Bonchev–Trinajstić information content (AvgIpc) is 2.54. The van der Waals surface area contributed by atoms with Crippen molar-refractivity contribution in [1.29, 1.82) is 0 Å². The highest BCUT2D eigenvalue weighted by Gasteiger charge is 2.13. The molecule has 2 N–H and O–H groups in total. The molecule has 0 aromatic heterocycles. The first-order valence-corrected chi connectivity index (χ1v) is 6.59. The van der Waals surface area contributed by atoms with Gasteiger partial charge in [0.15, 0.2) is 5.76 Å². The quantitative estimate of drug-likeness (QED) is 0.648. The number of hydrogen-bond acceptors (Lipinski definition) is 4. The molecule has 0 fully saturated rings. The summed E-state index contributed by atoms with van der Waals surface area (Å²) in [6.07, 6.45) is 0.734. The van der Waals surface area contributed by atoms with Crippen molar-refractivity contribution in [3.05, 3.63) is 83.5 Å². The van der Waals surface area contributed by atoms with E-state index in [9.17, 15) is 15.0 Å². The van der Waals surface area contributed by atoms with E-state index in [1.54, 1.807) is 30.3 Å². The summed E-state index contributed by atoms with van der Waals surface area (Å²) in [6, 6.07) is 17.8. The zero-order valence-electron chi connectivity index (χ0n) is 11.4. The lowest BCUT2D eigenvalue weighted by Crippen LogP contribution is -2.07. The van der Waals surface area contributed by atoms with Crippen LogP contribution in [-0.4, -0.2) is 16.2 Å². The van der Waals surface area contributed by atoms with E-state index < -0.39 is 11.9 Å². The van der Waals surface area contributed by atoms with Gasteiger partial charge in [0.05, 0.1) is 5.56 Å². The van der Waals surface area contributed by atoms with Gasteiger partial charge >= 0.3 is 11.9 Å². The Bertz CT molecular complexity index is 618. The molecule has 0 bridgehead atoms. The SMILES string of the molecule is O=C(OC(O)=C(O)CCc1ccccc1)c1ccccc1. The van der Waals surface area contributed by atoms with Crippen LogP contribution in [0.15, 0.2) is 72.4 Å². The minimum absolute atomic E-state index is 0.192. The molecule has 2 rings (SSSR count). The highest BCUT2D eigenvalue weighted by molar-refractivity contribution is 5.89. The van der Waals surface area contributed by atoms with Crippen molar-refractivity contribution in [3.63, 3.8) is 0 Å². The van der Waals surface area contributed by atoms with Crippen LogP contribution in [0, 0.1) is 0 Å². The minimum Gasteiger partial charge on any atom is -0.506 e. The number of aliphatic hydroxyl groups excluding tert-OH is 2. The second kappa shape index (κ2) is 7.14. The molecule has 0 saturated heterocycles. The lowest BCUT2D eigenvalue weighted by Gasteiger charge is -2.06. The molecule has 0 atom stereocenters. The molecule has 0 aliphatic carbocycles. The first-order chi connectivity index (χ1) is 10.2. The third kappa shape index (κ3) is 4.38. The van der Waals surface area contributed by atoms with Gasteiger partial charge in [0.25, 0.3) is 0 Å². The van der Waals surface area contributed by atoms with Crippen LogP contribution in [-0.2, 0) is 11.2 Å². The van der Waals surface area contributed by atoms with Gasteiger partial charge in [0.2, 0.25) is 0 Å². The molecular formula is C17H16O4. The summed E-state index contributed by atoms with van der Waals surface area (Å²) in [5, 5.41) is 19.3. The lowest BCUT2D eigenvalue weighted by molar-refractivity contribution is 0.0391. The van der Waals surface area contributed by atoms with E-state index in [1.807, 2.05) is 30.3 Å². The molecule has 0 heterocycles. The minimum atomic E-state index is -0.750. The van der Waals surface area contributed by atoms with E-state index in [2.05, 4.69) is 0 Å². The van der Waals surface area contributed by atoms with Gasteiger partial charge in [-0.3, -0.25) is 0 Å². The Morgan fingerprint density at radius 1 is 0.905 bits per heavy atom. The molecule has 2 aromatic carbocycles. The summed E-state index contributed by atoms with van der Waals surface area (Å²) >= 11 is 0. The van der Waals surface area contributed by atoms with Gasteiger partial charge in [-0.25, -0.2) is 4.79 Å². The fraction of sp³-hybridized carbons (Fsp3) is 0.118. The van der Waals surface area contributed by atoms with Crippen LogP contribution in [0.25, 0.3) is 0 Å². The van der Waals surface area contributed by atoms with E-state index in [1.165, 1.54) is 0 Å². The molecule has 0 aliphatic heterocycles. The number of rotatable bonds is 5. The summed E-state index contributed by atoms with van der Waals surface area (Å²) in [5.41, 5.74) is 1.33. The van der Waals surface area contributed by atoms with Crippen LogP contribution >= 0.6 is 0 Å².